The standard InChI is InChI=1S/C27H22N2OS2/c1-19-11-13-21(14-12-19)17-29-26(30)25(32-27(29)31)15-22-18-28(16-20-7-3-2-4-8-20)24-10-6-5-9-23(22)24/h2-15,18H,16-17H2,1H3/b25-15-. The van der Waals surface area contributed by atoms with Gasteiger partial charge in [-0.15, -0.1) is 0 Å². The quantitative estimate of drug-likeness (QED) is 0.258. The largest absolute Gasteiger partial charge is 0.342 e. The van der Waals surface area contributed by atoms with Crippen molar-refractivity contribution >= 4 is 51.2 Å². The first-order valence-corrected chi connectivity index (χ1v) is 11.7. The van der Waals surface area contributed by atoms with Crippen LogP contribution in [0.15, 0.2) is 90.0 Å². The van der Waals surface area contributed by atoms with E-state index in [0.717, 1.165) is 28.6 Å². The van der Waals surface area contributed by atoms with Crippen LogP contribution in [0.4, 0.5) is 0 Å². The van der Waals surface area contributed by atoms with Gasteiger partial charge in [-0.2, -0.15) is 0 Å². The van der Waals surface area contributed by atoms with Crippen LogP contribution in [0.5, 0.6) is 0 Å². The number of aromatic nitrogens is 1. The fraction of sp³-hybridized carbons (Fsp3) is 0.111. The summed E-state index contributed by atoms with van der Waals surface area (Å²) in [7, 11) is 0. The fourth-order valence-corrected chi connectivity index (χ4v) is 5.20. The SMILES string of the molecule is Cc1ccc(CN2C(=O)/C(=C/c3cn(Cc4ccccc4)c4ccccc34)SC2=S)cc1. The van der Waals surface area contributed by atoms with Crippen molar-refractivity contribution in [1.29, 1.82) is 0 Å². The molecule has 1 aliphatic heterocycles. The van der Waals surface area contributed by atoms with Crippen LogP contribution in [-0.2, 0) is 17.9 Å². The van der Waals surface area contributed by atoms with Crippen molar-refractivity contribution in [2.75, 3.05) is 0 Å². The summed E-state index contributed by atoms with van der Waals surface area (Å²) in [6, 6.07) is 26.9. The monoisotopic (exact) mass is 454 g/mol. The number of rotatable bonds is 5. The highest BCUT2D eigenvalue weighted by atomic mass is 32.2. The third-order valence-electron chi connectivity index (χ3n) is 5.64. The molecule has 0 spiro atoms. The normalized spacial score (nSPS) is 15.3. The second-order valence-electron chi connectivity index (χ2n) is 7.97. The maximum Gasteiger partial charge on any atom is 0.266 e. The predicted molar refractivity (Wildman–Crippen MR) is 137 cm³/mol. The predicted octanol–water partition coefficient (Wildman–Crippen LogP) is 6.40. The van der Waals surface area contributed by atoms with Crippen molar-refractivity contribution < 1.29 is 4.79 Å². The van der Waals surface area contributed by atoms with Gasteiger partial charge in [0.05, 0.1) is 11.4 Å². The minimum absolute atomic E-state index is 0.0273. The van der Waals surface area contributed by atoms with E-state index in [1.165, 1.54) is 22.9 Å². The highest BCUT2D eigenvalue weighted by molar-refractivity contribution is 8.26. The number of hydrogen-bond donors (Lipinski definition) is 0. The summed E-state index contributed by atoms with van der Waals surface area (Å²) in [5.74, 6) is -0.0273. The molecule has 1 saturated heterocycles. The van der Waals surface area contributed by atoms with Crippen LogP contribution >= 0.6 is 24.0 Å². The molecule has 3 aromatic carbocycles. The Morgan fingerprint density at radius 2 is 1.56 bits per heavy atom. The van der Waals surface area contributed by atoms with E-state index in [1.807, 2.05) is 18.2 Å². The zero-order valence-corrected chi connectivity index (χ0v) is 19.3. The zero-order valence-electron chi connectivity index (χ0n) is 17.7. The summed E-state index contributed by atoms with van der Waals surface area (Å²) >= 11 is 6.93. The number of aryl methyl sites for hydroxylation is 1. The molecule has 1 aromatic heterocycles. The van der Waals surface area contributed by atoms with Crippen LogP contribution in [0.2, 0.25) is 0 Å². The molecule has 5 heteroatoms. The van der Waals surface area contributed by atoms with E-state index in [-0.39, 0.29) is 5.91 Å². The Labute approximate surface area is 197 Å². The van der Waals surface area contributed by atoms with Crippen LogP contribution in [-0.4, -0.2) is 19.7 Å². The summed E-state index contributed by atoms with van der Waals surface area (Å²) in [6.07, 6.45) is 4.11. The molecule has 158 valence electrons. The number of thioether (sulfide) groups is 1. The molecule has 5 rings (SSSR count). The van der Waals surface area contributed by atoms with E-state index in [4.69, 9.17) is 12.2 Å². The van der Waals surface area contributed by atoms with Crippen molar-refractivity contribution in [3.63, 3.8) is 0 Å². The summed E-state index contributed by atoms with van der Waals surface area (Å²) in [5.41, 5.74) is 5.70. The third kappa shape index (κ3) is 4.14. The van der Waals surface area contributed by atoms with E-state index in [1.54, 1.807) is 4.90 Å². The Kier molecular flexibility index (Phi) is 5.68. The van der Waals surface area contributed by atoms with Gasteiger partial charge in [0, 0.05) is 29.2 Å². The molecule has 0 bridgehead atoms. The molecule has 1 amide bonds. The molecule has 0 unspecified atom stereocenters. The molecule has 0 saturated carbocycles. The highest BCUT2D eigenvalue weighted by Gasteiger charge is 2.32. The van der Waals surface area contributed by atoms with Gasteiger partial charge in [-0.1, -0.05) is 102 Å². The maximum absolute atomic E-state index is 13.2. The molecule has 32 heavy (non-hydrogen) atoms. The lowest BCUT2D eigenvalue weighted by Crippen LogP contribution is -2.27. The third-order valence-corrected chi connectivity index (χ3v) is 7.01. The second kappa shape index (κ2) is 8.77. The van der Waals surface area contributed by atoms with Gasteiger partial charge in [-0.3, -0.25) is 9.69 Å². The molecule has 1 fully saturated rings. The molecular formula is C27H22N2OS2. The van der Waals surface area contributed by atoms with Crippen molar-refractivity contribution in [2.24, 2.45) is 0 Å². The molecule has 0 N–H and O–H groups in total. The van der Waals surface area contributed by atoms with Gasteiger partial charge < -0.3 is 4.57 Å². The van der Waals surface area contributed by atoms with Gasteiger partial charge in [0.25, 0.3) is 5.91 Å². The van der Waals surface area contributed by atoms with Gasteiger partial charge in [-0.25, -0.2) is 0 Å². The number of benzene rings is 3. The van der Waals surface area contributed by atoms with Gasteiger partial charge in [0.2, 0.25) is 0 Å². The summed E-state index contributed by atoms with van der Waals surface area (Å²) in [5, 5.41) is 1.13. The molecular weight excluding hydrogens is 432 g/mol. The van der Waals surface area contributed by atoms with Crippen LogP contribution in [0.3, 0.4) is 0 Å². The lowest BCUT2D eigenvalue weighted by atomic mass is 10.1. The van der Waals surface area contributed by atoms with Gasteiger partial charge in [-0.05, 0) is 30.2 Å². The van der Waals surface area contributed by atoms with E-state index in [9.17, 15) is 4.79 Å². The maximum atomic E-state index is 13.2. The Morgan fingerprint density at radius 3 is 2.34 bits per heavy atom. The first-order chi connectivity index (χ1) is 15.6. The molecule has 0 atom stereocenters. The Hall–Kier alpha value is -3.15. The van der Waals surface area contributed by atoms with E-state index >= 15 is 0 Å². The minimum atomic E-state index is -0.0273. The average molecular weight is 455 g/mol. The number of para-hydroxylation sites is 1. The van der Waals surface area contributed by atoms with Crippen molar-refractivity contribution in [1.82, 2.24) is 9.47 Å². The number of amides is 1. The van der Waals surface area contributed by atoms with E-state index < -0.39 is 0 Å². The fourth-order valence-electron chi connectivity index (χ4n) is 3.95. The highest BCUT2D eigenvalue weighted by Crippen LogP contribution is 2.35. The van der Waals surface area contributed by atoms with Crippen LogP contribution in [0.25, 0.3) is 17.0 Å². The van der Waals surface area contributed by atoms with E-state index in [0.29, 0.717) is 15.8 Å². The Bertz CT molecular complexity index is 1340. The van der Waals surface area contributed by atoms with Crippen molar-refractivity contribution in [3.8, 4) is 0 Å². The zero-order chi connectivity index (χ0) is 22.1. The molecule has 0 aliphatic carbocycles. The molecule has 0 radical (unpaired) electrons. The number of fused-ring (bicyclic) bond motifs is 1. The van der Waals surface area contributed by atoms with Crippen LogP contribution in [0.1, 0.15) is 22.3 Å². The Balaban J connectivity index is 1.45. The minimum Gasteiger partial charge on any atom is -0.342 e. The van der Waals surface area contributed by atoms with Crippen molar-refractivity contribution in [3.05, 3.63) is 112 Å². The first kappa shape index (κ1) is 20.7. The van der Waals surface area contributed by atoms with E-state index in [2.05, 4.69) is 84.4 Å². The number of carbonyl (C=O) groups is 1. The van der Waals surface area contributed by atoms with Crippen LogP contribution < -0.4 is 0 Å². The van der Waals surface area contributed by atoms with Gasteiger partial charge in [0.1, 0.15) is 4.32 Å². The molecule has 2 heterocycles. The van der Waals surface area contributed by atoms with Crippen LogP contribution in [0, 0.1) is 6.92 Å². The van der Waals surface area contributed by atoms with Crippen molar-refractivity contribution in [2.45, 2.75) is 20.0 Å². The average Bonchev–Trinajstić information content (AvgIpc) is 3.28. The number of hydrogen-bond acceptors (Lipinski definition) is 3. The van der Waals surface area contributed by atoms with Gasteiger partial charge in [0.15, 0.2) is 0 Å². The lowest BCUT2D eigenvalue weighted by molar-refractivity contribution is -0.122. The molecule has 4 aromatic rings. The summed E-state index contributed by atoms with van der Waals surface area (Å²) < 4.78 is 2.85. The topological polar surface area (TPSA) is 25.2 Å². The smallest absolute Gasteiger partial charge is 0.266 e. The summed E-state index contributed by atoms with van der Waals surface area (Å²) in [6.45, 7) is 3.34. The van der Waals surface area contributed by atoms with Gasteiger partial charge >= 0.3 is 0 Å². The summed E-state index contributed by atoms with van der Waals surface area (Å²) in [4.78, 5) is 15.5. The second-order valence-corrected chi connectivity index (χ2v) is 9.64. The first-order valence-electron chi connectivity index (χ1n) is 10.5. The number of carbonyl (C=O) groups excluding carboxylic acids is 1. The number of thiocarbonyl (C=S) groups is 1. The molecule has 1 aliphatic rings. The number of nitrogens with zero attached hydrogens (tertiary/aromatic N) is 2. The lowest BCUT2D eigenvalue weighted by Gasteiger charge is -2.14. The Morgan fingerprint density at radius 1 is 0.875 bits per heavy atom. The molecule has 3 nitrogen and oxygen atoms in total.